The smallest absolute Gasteiger partial charge is 0.424 e. The molecule has 0 fully saturated rings. The van der Waals surface area contributed by atoms with Crippen LogP contribution in [0.25, 0.3) is 0 Å². The first-order valence-corrected chi connectivity index (χ1v) is 10.3. The maximum Gasteiger partial charge on any atom is 0.424 e. The van der Waals surface area contributed by atoms with Crippen molar-refractivity contribution in [2.24, 2.45) is 0 Å². The number of carboxylic acids is 1. The van der Waals surface area contributed by atoms with Crippen LogP contribution in [0, 0.1) is 0 Å². The molecule has 2 N–H and O–H groups in total. The van der Waals surface area contributed by atoms with Gasteiger partial charge in [-0.15, -0.1) is 0 Å². The summed E-state index contributed by atoms with van der Waals surface area (Å²) >= 11 is 0. The number of imidazole rings is 1. The highest BCUT2D eigenvalue weighted by molar-refractivity contribution is 7.89. The van der Waals surface area contributed by atoms with Crippen LogP contribution in [0.3, 0.4) is 0 Å². The maximum absolute atomic E-state index is 13.2. The molecule has 158 valence electrons. The monoisotopic (exact) mass is 425 g/mol. The molecule has 1 amide bonds. The quantitative estimate of drug-likeness (QED) is 0.551. The lowest BCUT2D eigenvalue weighted by Crippen LogP contribution is -2.50. The molecule has 1 aromatic carbocycles. The van der Waals surface area contributed by atoms with Gasteiger partial charge in [-0.3, -0.25) is 0 Å². The highest BCUT2D eigenvalue weighted by atomic mass is 32.2. The zero-order valence-electron chi connectivity index (χ0n) is 16.1. The number of ether oxygens (including phenoxy) is 2. The maximum atomic E-state index is 13.2. The first kappa shape index (κ1) is 22.2. The highest BCUT2D eigenvalue weighted by Crippen LogP contribution is 2.24. The molecule has 1 aromatic heterocycles. The fourth-order valence-corrected chi connectivity index (χ4v) is 3.95. The number of rotatable bonds is 10. The van der Waals surface area contributed by atoms with E-state index in [4.69, 9.17) is 9.47 Å². The molecule has 0 radical (unpaired) electrons. The number of carboxylic acid groups (broad SMARTS) is 1. The average Bonchev–Trinajstić information content (AvgIpc) is 3.20. The van der Waals surface area contributed by atoms with Crippen molar-refractivity contribution in [1.29, 1.82) is 0 Å². The minimum atomic E-state index is -4.52. The minimum absolute atomic E-state index is 0.0274. The Morgan fingerprint density at radius 3 is 2.48 bits per heavy atom. The van der Waals surface area contributed by atoms with Gasteiger partial charge in [0.05, 0.1) is 24.9 Å². The Morgan fingerprint density at radius 1 is 1.28 bits per heavy atom. The number of aromatic nitrogens is 2. The zero-order valence-corrected chi connectivity index (χ0v) is 16.9. The van der Waals surface area contributed by atoms with Crippen molar-refractivity contribution in [3.63, 3.8) is 0 Å². The molecule has 0 unspecified atom stereocenters. The van der Waals surface area contributed by atoms with E-state index in [1.807, 2.05) is 6.92 Å². The van der Waals surface area contributed by atoms with Gasteiger partial charge in [-0.2, -0.15) is 4.31 Å². The number of carbonyl (C=O) groups is 2. The molecular formula is C18H23N3O7S. The molecule has 1 atom stereocenters. The SMILES string of the molecule is CCCCOC(=O)N([C@@H](Cc1cnc[nH]1)C(=O)O)S(=O)(=O)c1ccc(OC)cc1. The standard InChI is InChI=1S/C18H23N3O7S/c1-3-4-9-28-18(24)21(16(17(22)23)10-13-11-19-12-20-13)29(25,26)15-7-5-14(27-2)6-8-15/h5-8,11-12,16H,3-4,9-10H2,1-2H3,(H,19,20)(H,22,23)/t16-/m0/s1. The Morgan fingerprint density at radius 2 is 1.97 bits per heavy atom. The molecule has 10 nitrogen and oxygen atoms in total. The van der Waals surface area contributed by atoms with Crippen LogP contribution in [0.5, 0.6) is 5.75 Å². The Labute approximate surface area is 168 Å². The first-order valence-electron chi connectivity index (χ1n) is 8.86. The van der Waals surface area contributed by atoms with Gasteiger partial charge in [0.2, 0.25) is 0 Å². The van der Waals surface area contributed by atoms with Crippen LogP contribution in [-0.2, 0) is 26.0 Å². The summed E-state index contributed by atoms with van der Waals surface area (Å²) in [5.74, 6) is -1.09. The number of unbranched alkanes of at least 4 members (excludes halogenated alkanes) is 1. The number of hydrogen-bond acceptors (Lipinski definition) is 7. The highest BCUT2D eigenvalue weighted by Gasteiger charge is 2.41. The molecular weight excluding hydrogens is 402 g/mol. The number of nitrogens with zero attached hydrogens (tertiary/aromatic N) is 2. The van der Waals surface area contributed by atoms with Gasteiger partial charge >= 0.3 is 12.1 Å². The second-order valence-electron chi connectivity index (χ2n) is 6.08. The predicted octanol–water partition coefficient (Wildman–Crippen LogP) is 2.04. The lowest BCUT2D eigenvalue weighted by atomic mass is 10.2. The number of hydrogen-bond donors (Lipinski definition) is 2. The van der Waals surface area contributed by atoms with Gasteiger partial charge in [-0.05, 0) is 30.7 Å². The molecule has 1 heterocycles. The molecule has 2 aromatic rings. The number of nitrogens with one attached hydrogen (secondary N) is 1. The summed E-state index contributed by atoms with van der Waals surface area (Å²) in [6.07, 6.45) is 2.37. The molecule has 0 saturated carbocycles. The molecule has 0 aliphatic rings. The summed E-state index contributed by atoms with van der Waals surface area (Å²) < 4.78 is 36.7. The van der Waals surface area contributed by atoms with Gasteiger partial charge in [0.1, 0.15) is 5.75 Å². The summed E-state index contributed by atoms with van der Waals surface area (Å²) in [5, 5.41) is 9.69. The molecule has 29 heavy (non-hydrogen) atoms. The van der Waals surface area contributed by atoms with Gasteiger partial charge < -0.3 is 19.6 Å². The molecule has 11 heteroatoms. The van der Waals surface area contributed by atoms with Crippen LogP contribution in [0.4, 0.5) is 4.79 Å². The first-order chi connectivity index (χ1) is 13.8. The lowest BCUT2D eigenvalue weighted by Gasteiger charge is -2.27. The van der Waals surface area contributed by atoms with Gasteiger partial charge in [0, 0.05) is 18.3 Å². The van der Waals surface area contributed by atoms with Gasteiger partial charge in [-0.1, -0.05) is 13.3 Å². The lowest BCUT2D eigenvalue weighted by molar-refractivity contribution is -0.141. The van der Waals surface area contributed by atoms with Crippen LogP contribution >= 0.6 is 0 Å². The van der Waals surface area contributed by atoms with E-state index in [0.717, 1.165) is 6.42 Å². The largest absolute Gasteiger partial charge is 0.497 e. The van der Waals surface area contributed by atoms with Gasteiger partial charge in [0.15, 0.2) is 6.04 Å². The normalized spacial score (nSPS) is 12.2. The third kappa shape index (κ3) is 5.47. The number of aliphatic carboxylic acids is 1. The molecule has 0 aliphatic heterocycles. The molecule has 0 bridgehead atoms. The van der Waals surface area contributed by atoms with Crippen molar-refractivity contribution in [2.45, 2.75) is 37.1 Å². The average molecular weight is 425 g/mol. The fourth-order valence-electron chi connectivity index (χ4n) is 2.50. The van der Waals surface area contributed by atoms with Crippen molar-refractivity contribution in [3.8, 4) is 5.75 Å². The Balaban J connectivity index is 2.45. The van der Waals surface area contributed by atoms with Crippen LogP contribution in [-0.4, -0.2) is 59.6 Å². The number of benzene rings is 1. The Hall–Kier alpha value is -3.08. The second-order valence-corrected chi connectivity index (χ2v) is 7.89. The number of methoxy groups -OCH3 is 1. The third-order valence-corrected chi connectivity index (χ3v) is 5.85. The van der Waals surface area contributed by atoms with E-state index in [-0.39, 0.29) is 22.2 Å². The van der Waals surface area contributed by atoms with Crippen molar-refractivity contribution in [1.82, 2.24) is 14.3 Å². The number of H-pyrrole nitrogens is 1. The summed E-state index contributed by atoms with van der Waals surface area (Å²) in [5.41, 5.74) is 0.355. The molecule has 0 saturated heterocycles. The van der Waals surface area contributed by atoms with E-state index < -0.39 is 28.1 Å². The van der Waals surface area contributed by atoms with Crippen LogP contribution in [0.2, 0.25) is 0 Å². The van der Waals surface area contributed by atoms with E-state index in [1.54, 1.807) is 0 Å². The van der Waals surface area contributed by atoms with Crippen molar-refractivity contribution in [3.05, 3.63) is 42.5 Å². The van der Waals surface area contributed by atoms with Crippen LogP contribution in [0.1, 0.15) is 25.5 Å². The summed E-state index contributed by atoms with van der Waals surface area (Å²) in [4.78, 5) is 30.8. The molecule has 0 spiro atoms. The number of carbonyl (C=O) groups excluding carboxylic acids is 1. The number of aromatic amines is 1. The zero-order chi connectivity index (χ0) is 21.4. The third-order valence-electron chi connectivity index (χ3n) is 4.06. The van der Waals surface area contributed by atoms with Crippen LogP contribution < -0.4 is 4.74 Å². The van der Waals surface area contributed by atoms with Gasteiger partial charge in [-0.25, -0.2) is 23.0 Å². The Kier molecular flexibility index (Phi) is 7.59. The van der Waals surface area contributed by atoms with Crippen LogP contribution in [0.15, 0.2) is 41.7 Å². The molecule has 0 aliphatic carbocycles. The summed E-state index contributed by atoms with van der Waals surface area (Å²) in [7, 11) is -3.10. The summed E-state index contributed by atoms with van der Waals surface area (Å²) in [6.45, 7) is 1.85. The van der Waals surface area contributed by atoms with E-state index >= 15 is 0 Å². The predicted molar refractivity (Wildman–Crippen MR) is 102 cm³/mol. The van der Waals surface area contributed by atoms with E-state index in [9.17, 15) is 23.1 Å². The van der Waals surface area contributed by atoms with E-state index in [1.165, 1.54) is 43.9 Å². The number of sulfonamides is 1. The minimum Gasteiger partial charge on any atom is -0.497 e. The number of amides is 1. The van der Waals surface area contributed by atoms with E-state index in [0.29, 0.717) is 17.9 Å². The second kappa shape index (κ2) is 9.92. The Bertz CT molecular complexity index is 911. The fraction of sp³-hybridized carbons (Fsp3) is 0.389. The van der Waals surface area contributed by atoms with Crippen molar-refractivity contribution >= 4 is 22.1 Å². The molecule has 2 rings (SSSR count). The topological polar surface area (TPSA) is 139 Å². The summed E-state index contributed by atoms with van der Waals surface area (Å²) in [6, 6.07) is 3.54. The van der Waals surface area contributed by atoms with Crippen molar-refractivity contribution in [2.75, 3.05) is 13.7 Å². The van der Waals surface area contributed by atoms with E-state index in [2.05, 4.69) is 9.97 Å². The van der Waals surface area contributed by atoms with Gasteiger partial charge in [0.25, 0.3) is 10.0 Å². The van der Waals surface area contributed by atoms with Crippen molar-refractivity contribution < 1.29 is 32.6 Å².